The van der Waals surface area contributed by atoms with Crippen molar-refractivity contribution in [3.05, 3.63) is 45.5 Å². The van der Waals surface area contributed by atoms with Crippen LogP contribution in [0.4, 0.5) is 0 Å². The minimum absolute atomic E-state index is 0.0796. The molecule has 1 aliphatic heterocycles. The molecule has 1 aromatic carbocycles. The first-order chi connectivity index (χ1) is 12.0. The number of fused-ring (bicyclic) bond motifs is 1. The highest BCUT2D eigenvalue weighted by molar-refractivity contribution is 6.35. The predicted octanol–water partition coefficient (Wildman–Crippen LogP) is 3.48. The quantitative estimate of drug-likeness (QED) is 0.628. The van der Waals surface area contributed by atoms with Gasteiger partial charge >= 0.3 is 0 Å². The van der Waals surface area contributed by atoms with Gasteiger partial charge in [0.15, 0.2) is 11.8 Å². The molecule has 0 amide bonds. The Labute approximate surface area is 157 Å². The fourth-order valence-corrected chi connectivity index (χ4v) is 3.59. The summed E-state index contributed by atoms with van der Waals surface area (Å²) in [6, 6.07) is 5.33. The van der Waals surface area contributed by atoms with Crippen LogP contribution in [0.5, 0.6) is 0 Å². The number of halogens is 2. The minimum atomic E-state index is -0.0796. The Balaban J connectivity index is 1.65. The molecule has 0 spiro atoms. The normalized spacial score (nSPS) is 16.2. The number of aromatic nitrogens is 3. The number of nitrogens with two attached hydrogens (primary N) is 1. The van der Waals surface area contributed by atoms with Gasteiger partial charge in [-0.3, -0.25) is 0 Å². The fraction of sp³-hybridized carbons (Fsp3) is 0.471. The number of guanidine groups is 1. The lowest BCUT2D eigenvalue weighted by atomic mass is 10.1. The smallest absolute Gasteiger partial charge is 0.189 e. The maximum atomic E-state index is 6.23. The van der Waals surface area contributed by atoms with Crippen LogP contribution < -0.4 is 11.1 Å². The monoisotopic (exact) mass is 380 g/mol. The average molecular weight is 381 g/mol. The third kappa shape index (κ3) is 4.44. The van der Waals surface area contributed by atoms with E-state index >= 15 is 0 Å². The summed E-state index contributed by atoms with van der Waals surface area (Å²) in [5, 5.41) is 12.9. The maximum Gasteiger partial charge on any atom is 0.189 e. The number of aryl methyl sites for hydroxylation is 1. The van der Waals surface area contributed by atoms with Crippen molar-refractivity contribution in [3.8, 4) is 0 Å². The molecular formula is C17H22Cl2N6. The molecule has 3 rings (SSSR count). The molecular weight excluding hydrogens is 359 g/mol. The summed E-state index contributed by atoms with van der Waals surface area (Å²) in [5.74, 6) is 2.26. The molecule has 8 heteroatoms. The van der Waals surface area contributed by atoms with Gasteiger partial charge in [0.1, 0.15) is 12.4 Å². The number of nitrogens with one attached hydrogen (secondary N) is 1. The largest absolute Gasteiger partial charge is 0.370 e. The summed E-state index contributed by atoms with van der Waals surface area (Å²) in [4.78, 5) is 4.41. The molecule has 2 heterocycles. The van der Waals surface area contributed by atoms with E-state index in [-0.39, 0.29) is 6.04 Å². The van der Waals surface area contributed by atoms with Gasteiger partial charge in [0.05, 0.1) is 6.04 Å². The third-order valence-corrected chi connectivity index (χ3v) is 4.93. The van der Waals surface area contributed by atoms with E-state index in [4.69, 9.17) is 28.9 Å². The molecule has 134 valence electrons. The number of rotatable bonds is 4. The summed E-state index contributed by atoms with van der Waals surface area (Å²) in [5.41, 5.74) is 6.94. The average Bonchev–Trinajstić information content (AvgIpc) is 2.79. The Bertz CT molecular complexity index is 770. The lowest BCUT2D eigenvalue weighted by Gasteiger charge is -2.16. The van der Waals surface area contributed by atoms with Crippen LogP contribution in [-0.2, 0) is 19.5 Å². The van der Waals surface area contributed by atoms with Gasteiger partial charge in [-0.1, -0.05) is 35.7 Å². The van der Waals surface area contributed by atoms with Crippen molar-refractivity contribution < 1.29 is 0 Å². The molecule has 25 heavy (non-hydrogen) atoms. The molecule has 1 atom stereocenters. The van der Waals surface area contributed by atoms with Gasteiger partial charge in [-0.2, -0.15) is 0 Å². The van der Waals surface area contributed by atoms with E-state index in [1.807, 2.05) is 13.0 Å². The number of hydrogen-bond acceptors (Lipinski definition) is 3. The summed E-state index contributed by atoms with van der Waals surface area (Å²) >= 11 is 12.2. The van der Waals surface area contributed by atoms with Gasteiger partial charge in [-0.25, -0.2) is 4.99 Å². The number of hydrogen-bond donors (Lipinski definition) is 2. The van der Waals surface area contributed by atoms with Gasteiger partial charge in [0.2, 0.25) is 0 Å². The number of nitrogens with zero attached hydrogens (tertiary/aromatic N) is 4. The Morgan fingerprint density at radius 2 is 2.16 bits per heavy atom. The molecule has 0 saturated heterocycles. The predicted molar refractivity (Wildman–Crippen MR) is 101 cm³/mol. The number of benzene rings is 1. The van der Waals surface area contributed by atoms with Crippen molar-refractivity contribution in [3.63, 3.8) is 0 Å². The minimum Gasteiger partial charge on any atom is -0.370 e. The van der Waals surface area contributed by atoms with Gasteiger partial charge in [-0.05, 0) is 37.5 Å². The Morgan fingerprint density at radius 3 is 2.96 bits per heavy atom. The molecule has 0 fully saturated rings. The lowest BCUT2D eigenvalue weighted by Crippen LogP contribution is -2.34. The Hall–Kier alpha value is -1.79. The highest BCUT2D eigenvalue weighted by Gasteiger charge is 2.15. The molecule has 1 aromatic heterocycles. The molecule has 0 aliphatic carbocycles. The van der Waals surface area contributed by atoms with Crippen LogP contribution in [0.15, 0.2) is 23.2 Å². The van der Waals surface area contributed by atoms with Crippen LogP contribution >= 0.6 is 23.2 Å². The Kier molecular flexibility index (Phi) is 5.81. The van der Waals surface area contributed by atoms with Crippen molar-refractivity contribution in [2.24, 2.45) is 10.7 Å². The van der Waals surface area contributed by atoms with Crippen molar-refractivity contribution in [1.82, 2.24) is 20.1 Å². The second kappa shape index (κ2) is 8.06. The van der Waals surface area contributed by atoms with E-state index < -0.39 is 0 Å². The first-order valence-corrected chi connectivity index (χ1v) is 9.22. The van der Waals surface area contributed by atoms with Gasteiger partial charge in [0, 0.05) is 23.0 Å². The standard InChI is InChI=1S/C17H22Cl2N6/c1-11(13-7-6-12(18)9-14(13)19)22-17(20)21-10-16-24-23-15-5-3-2-4-8-25(15)16/h6-7,9,11H,2-5,8,10H2,1H3,(H3,20,21,22). The highest BCUT2D eigenvalue weighted by atomic mass is 35.5. The number of aliphatic imine (C=N–C) groups is 1. The van der Waals surface area contributed by atoms with Gasteiger partial charge < -0.3 is 15.6 Å². The summed E-state index contributed by atoms with van der Waals surface area (Å²) in [7, 11) is 0. The summed E-state index contributed by atoms with van der Waals surface area (Å²) in [6.45, 7) is 3.34. The van der Waals surface area contributed by atoms with E-state index in [9.17, 15) is 0 Å². The van der Waals surface area contributed by atoms with Crippen LogP contribution in [0, 0.1) is 0 Å². The molecule has 1 aliphatic rings. The lowest BCUT2D eigenvalue weighted by molar-refractivity contribution is 0.605. The van der Waals surface area contributed by atoms with Crippen molar-refractivity contribution in [2.45, 2.75) is 51.7 Å². The third-order valence-electron chi connectivity index (χ3n) is 4.37. The second-order valence-corrected chi connectivity index (χ2v) is 7.07. The van der Waals surface area contributed by atoms with E-state index in [0.717, 1.165) is 36.6 Å². The van der Waals surface area contributed by atoms with E-state index in [1.165, 1.54) is 12.8 Å². The summed E-state index contributed by atoms with van der Waals surface area (Å²) < 4.78 is 2.17. The first kappa shape index (κ1) is 18.0. The summed E-state index contributed by atoms with van der Waals surface area (Å²) in [6.07, 6.45) is 4.54. The molecule has 3 N–H and O–H groups in total. The molecule has 1 unspecified atom stereocenters. The Morgan fingerprint density at radius 1 is 1.32 bits per heavy atom. The van der Waals surface area contributed by atoms with E-state index in [0.29, 0.717) is 22.5 Å². The van der Waals surface area contributed by atoms with Crippen LogP contribution in [0.25, 0.3) is 0 Å². The van der Waals surface area contributed by atoms with Gasteiger partial charge in [0.25, 0.3) is 0 Å². The molecule has 6 nitrogen and oxygen atoms in total. The molecule has 2 aromatic rings. The first-order valence-electron chi connectivity index (χ1n) is 8.47. The highest BCUT2D eigenvalue weighted by Crippen LogP contribution is 2.26. The van der Waals surface area contributed by atoms with Crippen molar-refractivity contribution in [2.75, 3.05) is 0 Å². The van der Waals surface area contributed by atoms with Gasteiger partial charge in [-0.15, -0.1) is 10.2 Å². The fourth-order valence-electron chi connectivity index (χ4n) is 3.02. The zero-order valence-electron chi connectivity index (χ0n) is 14.2. The van der Waals surface area contributed by atoms with Crippen LogP contribution in [0.3, 0.4) is 0 Å². The SMILES string of the molecule is CC(NC(N)=NCc1nnc2n1CCCCC2)c1ccc(Cl)cc1Cl. The second-order valence-electron chi connectivity index (χ2n) is 6.23. The maximum absolute atomic E-state index is 6.23. The molecule has 0 saturated carbocycles. The topological polar surface area (TPSA) is 81.1 Å². The molecule has 0 radical (unpaired) electrons. The zero-order valence-corrected chi connectivity index (χ0v) is 15.7. The van der Waals surface area contributed by atoms with Crippen LogP contribution in [0.2, 0.25) is 10.0 Å². The van der Waals surface area contributed by atoms with Crippen LogP contribution in [-0.4, -0.2) is 20.7 Å². The van der Waals surface area contributed by atoms with Crippen molar-refractivity contribution >= 4 is 29.2 Å². The zero-order chi connectivity index (χ0) is 17.8. The van der Waals surface area contributed by atoms with E-state index in [2.05, 4.69) is 25.1 Å². The van der Waals surface area contributed by atoms with E-state index in [1.54, 1.807) is 12.1 Å². The van der Waals surface area contributed by atoms with Crippen LogP contribution in [0.1, 0.15) is 49.4 Å². The van der Waals surface area contributed by atoms with Crippen molar-refractivity contribution in [1.29, 1.82) is 0 Å². The molecule has 0 bridgehead atoms.